The number of nitrogens with two attached hydrogens (primary N) is 1. The number of sulfonamides is 1. The molecule has 1 fully saturated rings. The molecule has 112 valence electrons. The highest BCUT2D eigenvalue weighted by Gasteiger charge is 2.28. The molecule has 0 radical (unpaired) electrons. The summed E-state index contributed by atoms with van der Waals surface area (Å²) < 4.78 is 25.9. The minimum absolute atomic E-state index is 0.263. The average Bonchev–Trinajstić information content (AvgIpc) is 2.86. The molecule has 0 heterocycles. The SMILES string of the molecule is CN(C)S(=O)(=O)c1ccccc1NC1CCCC1CN. The fourth-order valence-corrected chi connectivity index (χ4v) is 3.77. The van der Waals surface area contributed by atoms with E-state index in [4.69, 9.17) is 5.73 Å². The summed E-state index contributed by atoms with van der Waals surface area (Å²) >= 11 is 0. The fraction of sp³-hybridized carbons (Fsp3) is 0.571. The number of benzene rings is 1. The molecular formula is C14H23N3O2S. The molecule has 0 spiro atoms. The van der Waals surface area contributed by atoms with Crippen molar-refractivity contribution in [1.82, 2.24) is 4.31 Å². The van der Waals surface area contributed by atoms with E-state index in [0.717, 1.165) is 19.3 Å². The molecule has 1 aliphatic rings. The Morgan fingerprint density at radius 3 is 2.65 bits per heavy atom. The lowest BCUT2D eigenvalue weighted by Crippen LogP contribution is -2.31. The zero-order valence-corrected chi connectivity index (χ0v) is 12.9. The van der Waals surface area contributed by atoms with Crippen LogP contribution in [0.3, 0.4) is 0 Å². The van der Waals surface area contributed by atoms with E-state index < -0.39 is 10.0 Å². The van der Waals surface area contributed by atoms with Gasteiger partial charge >= 0.3 is 0 Å². The van der Waals surface area contributed by atoms with Crippen molar-refractivity contribution in [3.8, 4) is 0 Å². The van der Waals surface area contributed by atoms with Crippen LogP contribution in [0.2, 0.25) is 0 Å². The van der Waals surface area contributed by atoms with Crippen LogP contribution in [0, 0.1) is 5.92 Å². The van der Waals surface area contributed by atoms with Gasteiger partial charge in [-0.3, -0.25) is 0 Å². The van der Waals surface area contributed by atoms with Gasteiger partial charge in [0.05, 0.1) is 5.69 Å². The van der Waals surface area contributed by atoms with E-state index in [-0.39, 0.29) is 6.04 Å². The van der Waals surface area contributed by atoms with E-state index in [1.807, 2.05) is 12.1 Å². The number of nitrogens with zero attached hydrogens (tertiary/aromatic N) is 1. The average molecular weight is 297 g/mol. The lowest BCUT2D eigenvalue weighted by Gasteiger charge is -2.23. The molecule has 2 rings (SSSR count). The Labute approximate surface area is 121 Å². The van der Waals surface area contributed by atoms with Gasteiger partial charge in [0.2, 0.25) is 10.0 Å². The Kier molecular flexibility index (Phi) is 4.67. The molecule has 1 aromatic carbocycles. The molecule has 2 unspecified atom stereocenters. The van der Waals surface area contributed by atoms with Crippen molar-refractivity contribution in [2.45, 2.75) is 30.2 Å². The first kappa shape index (κ1) is 15.3. The molecule has 1 aliphatic carbocycles. The van der Waals surface area contributed by atoms with Crippen LogP contribution < -0.4 is 11.1 Å². The van der Waals surface area contributed by atoms with E-state index in [9.17, 15) is 8.42 Å². The van der Waals surface area contributed by atoms with Crippen LogP contribution in [0.4, 0.5) is 5.69 Å². The highest BCUT2D eigenvalue weighted by Crippen LogP contribution is 2.30. The first-order valence-corrected chi connectivity index (χ1v) is 8.39. The summed E-state index contributed by atoms with van der Waals surface area (Å²) in [4.78, 5) is 0.327. The van der Waals surface area contributed by atoms with Gasteiger partial charge in [0.1, 0.15) is 4.90 Å². The maximum Gasteiger partial charge on any atom is 0.244 e. The van der Waals surface area contributed by atoms with Crippen molar-refractivity contribution in [2.75, 3.05) is 26.0 Å². The standard InChI is InChI=1S/C14H23N3O2S/c1-17(2)20(18,19)14-9-4-3-7-13(14)16-12-8-5-6-11(12)10-15/h3-4,7,9,11-12,16H,5-6,8,10,15H2,1-2H3. The summed E-state index contributed by atoms with van der Waals surface area (Å²) in [7, 11) is -0.342. The minimum atomic E-state index is -3.43. The molecule has 6 heteroatoms. The lowest BCUT2D eigenvalue weighted by atomic mass is 10.0. The molecule has 0 aliphatic heterocycles. The molecule has 0 saturated heterocycles. The lowest BCUT2D eigenvalue weighted by molar-refractivity contribution is 0.512. The number of para-hydroxylation sites is 1. The minimum Gasteiger partial charge on any atom is -0.381 e. The van der Waals surface area contributed by atoms with Crippen molar-refractivity contribution >= 4 is 15.7 Å². The van der Waals surface area contributed by atoms with E-state index >= 15 is 0 Å². The van der Waals surface area contributed by atoms with E-state index in [2.05, 4.69) is 5.32 Å². The molecule has 0 bridgehead atoms. The molecule has 3 N–H and O–H groups in total. The molecule has 1 saturated carbocycles. The van der Waals surface area contributed by atoms with Gasteiger partial charge in [0, 0.05) is 20.1 Å². The predicted octanol–water partition coefficient (Wildman–Crippen LogP) is 1.48. The Bertz CT molecular complexity index is 557. The third kappa shape index (κ3) is 2.97. The first-order valence-electron chi connectivity index (χ1n) is 6.95. The van der Waals surface area contributed by atoms with Crippen molar-refractivity contribution in [3.63, 3.8) is 0 Å². The van der Waals surface area contributed by atoms with Gasteiger partial charge in [-0.25, -0.2) is 12.7 Å². The molecule has 1 aromatic rings. The zero-order valence-electron chi connectivity index (χ0n) is 12.0. The Balaban J connectivity index is 2.29. The van der Waals surface area contributed by atoms with Crippen LogP contribution in [0.25, 0.3) is 0 Å². The number of nitrogens with one attached hydrogen (secondary N) is 1. The summed E-state index contributed by atoms with van der Waals surface area (Å²) in [5.41, 5.74) is 6.46. The van der Waals surface area contributed by atoms with Crippen molar-refractivity contribution < 1.29 is 8.42 Å². The van der Waals surface area contributed by atoms with Crippen molar-refractivity contribution in [2.24, 2.45) is 11.7 Å². The van der Waals surface area contributed by atoms with E-state index in [0.29, 0.717) is 23.0 Å². The summed E-state index contributed by atoms with van der Waals surface area (Å²) in [6, 6.07) is 7.32. The molecule has 2 atom stereocenters. The Hall–Kier alpha value is -1.11. The van der Waals surface area contributed by atoms with Gasteiger partial charge in [0.15, 0.2) is 0 Å². The predicted molar refractivity (Wildman–Crippen MR) is 81.1 cm³/mol. The molecular weight excluding hydrogens is 274 g/mol. The summed E-state index contributed by atoms with van der Waals surface area (Å²) in [5, 5.41) is 3.39. The van der Waals surface area contributed by atoms with E-state index in [1.165, 1.54) is 4.31 Å². The van der Waals surface area contributed by atoms with Crippen molar-refractivity contribution in [3.05, 3.63) is 24.3 Å². The second-order valence-electron chi connectivity index (χ2n) is 5.46. The number of rotatable bonds is 5. The second-order valence-corrected chi connectivity index (χ2v) is 7.58. The van der Waals surface area contributed by atoms with Gasteiger partial charge in [0.25, 0.3) is 0 Å². The second kappa shape index (κ2) is 6.11. The van der Waals surface area contributed by atoms with Gasteiger partial charge in [-0.05, 0) is 37.4 Å². The Morgan fingerprint density at radius 2 is 2.00 bits per heavy atom. The van der Waals surface area contributed by atoms with Gasteiger partial charge < -0.3 is 11.1 Å². The van der Waals surface area contributed by atoms with Crippen LogP contribution in [-0.4, -0.2) is 39.4 Å². The number of hydrogen-bond donors (Lipinski definition) is 2. The van der Waals surface area contributed by atoms with Crippen molar-refractivity contribution in [1.29, 1.82) is 0 Å². The third-order valence-electron chi connectivity index (χ3n) is 3.95. The topological polar surface area (TPSA) is 75.4 Å². The smallest absolute Gasteiger partial charge is 0.244 e. The highest BCUT2D eigenvalue weighted by molar-refractivity contribution is 7.89. The maximum atomic E-state index is 12.3. The van der Waals surface area contributed by atoms with E-state index in [1.54, 1.807) is 26.2 Å². The summed E-state index contributed by atoms with van der Waals surface area (Å²) in [6.45, 7) is 0.639. The largest absolute Gasteiger partial charge is 0.381 e. The van der Waals surface area contributed by atoms with Crippen LogP contribution >= 0.6 is 0 Å². The van der Waals surface area contributed by atoms with Crippen LogP contribution in [0.15, 0.2) is 29.2 Å². The summed E-state index contributed by atoms with van der Waals surface area (Å²) in [5.74, 6) is 0.421. The molecule has 0 amide bonds. The number of hydrogen-bond acceptors (Lipinski definition) is 4. The summed E-state index contributed by atoms with van der Waals surface area (Å²) in [6.07, 6.45) is 3.29. The van der Waals surface area contributed by atoms with Crippen LogP contribution in [0.5, 0.6) is 0 Å². The fourth-order valence-electron chi connectivity index (χ4n) is 2.72. The monoisotopic (exact) mass is 297 g/mol. The number of anilines is 1. The first-order chi connectivity index (χ1) is 9.46. The molecule has 20 heavy (non-hydrogen) atoms. The van der Waals surface area contributed by atoms with Gasteiger partial charge in [-0.2, -0.15) is 0 Å². The normalized spacial score (nSPS) is 23.2. The third-order valence-corrected chi connectivity index (χ3v) is 5.82. The van der Waals surface area contributed by atoms with Crippen LogP contribution in [-0.2, 0) is 10.0 Å². The zero-order chi connectivity index (χ0) is 14.8. The highest BCUT2D eigenvalue weighted by atomic mass is 32.2. The van der Waals surface area contributed by atoms with Crippen LogP contribution in [0.1, 0.15) is 19.3 Å². The molecule has 0 aromatic heterocycles. The molecule has 5 nitrogen and oxygen atoms in total. The van der Waals surface area contributed by atoms with Gasteiger partial charge in [-0.1, -0.05) is 18.6 Å². The maximum absolute atomic E-state index is 12.3. The Morgan fingerprint density at radius 1 is 1.30 bits per heavy atom. The van der Waals surface area contributed by atoms with Gasteiger partial charge in [-0.15, -0.1) is 0 Å². The quantitative estimate of drug-likeness (QED) is 0.863.